The number of carbonyl (C=O) groups excluding carboxylic acids is 2. The van der Waals surface area contributed by atoms with Crippen LogP contribution in [-0.2, 0) is 20.5 Å². The molecule has 0 bridgehead atoms. The highest BCUT2D eigenvalue weighted by Gasteiger charge is 2.56. The van der Waals surface area contributed by atoms with Crippen LogP contribution in [0.15, 0.2) is 36.4 Å². The van der Waals surface area contributed by atoms with Gasteiger partial charge in [0, 0.05) is 20.1 Å². The van der Waals surface area contributed by atoms with Crippen LogP contribution < -0.4 is 21.3 Å². The van der Waals surface area contributed by atoms with Crippen molar-refractivity contribution in [1.82, 2.24) is 9.88 Å². The molecule has 5 rings (SSSR count). The Kier molecular flexibility index (Phi) is 6.50. The molecule has 2 aliphatic heterocycles. The van der Waals surface area contributed by atoms with Crippen LogP contribution in [0.1, 0.15) is 15.9 Å². The van der Waals surface area contributed by atoms with Gasteiger partial charge in [0.1, 0.15) is 0 Å². The summed E-state index contributed by atoms with van der Waals surface area (Å²) in [5.41, 5.74) is 5.95. The van der Waals surface area contributed by atoms with Crippen LogP contribution in [0.25, 0.3) is 10.2 Å². The van der Waals surface area contributed by atoms with Gasteiger partial charge in [0.15, 0.2) is 11.0 Å². The Morgan fingerprint density at radius 1 is 1.21 bits per heavy atom. The molecule has 3 aromatic rings. The fourth-order valence-electron chi connectivity index (χ4n) is 4.78. The minimum Gasteiger partial charge on any atom is -0.478 e. The Bertz CT molecular complexity index is 1470. The summed E-state index contributed by atoms with van der Waals surface area (Å²) in [7, 11) is 1.57. The third-order valence-electron chi connectivity index (χ3n) is 6.74. The smallest absolute Gasteiger partial charge is 0.416 e. The van der Waals surface area contributed by atoms with E-state index in [1.165, 1.54) is 34.1 Å². The Morgan fingerprint density at radius 2 is 1.92 bits per heavy atom. The van der Waals surface area contributed by atoms with Gasteiger partial charge in [0.25, 0.3) is 0 Å². The molecule has 2 aromatic carbocycles. The summed E-state index contributed by atoms with van der Waals surface area (Å²) in [6.45, 7) is 0.977. The lowest BCUT2D eigenvalue weighted by molar-refractivity contribution is -0.146. The highest BCUT2D eigenvalue weighted by Crippen LogP contribution is 2.45. The van der Waals surface area contributed by atoms with E-state index in [0.29, 0.717) is 11.4 Å². The van der Waals surface area contributed by atoms with Gasteiger partial charge in [-0.05, 0) is 36.4 Å². The third-order valence-corrected chi connectivity index (χ3v) is 7.68. The monoisotopic (exact) mass is 564 g/mol. The number of nitrogens with one attached hydrogen (secondary N) is 2. The predicted octanol–water partition coefficient (Wildman–Crippen LogP) is 2.60. The number of nitrogens with zero attached hydrogens (tertiary/aromatic N) is 3. The fourth-order valence-corrected chi connectivity index (χ4v) is 5.75. The van der Waals surface area contributed by atoms with Crippen molar-refractivity contribution in [3.8, 4) is 0 Å². The van der Waals surface area contributed by atoms with E-state index in [1.807, 2.05) is 0 Å². The molecule has 0 spiro atoms. The van der Waals surface area contributed by atoms with Crippen molar-refractivity contribution in [2.24, 2.45) is 11.7 Å². The number of carboxylic acids is 1. The lowest BCUT2D eigenvalue weighted by Crippen LogP contribution is -2.68. The predicted molar refractivity (Wildman–Crippen MR) is 136 cm³/mol. The number of aromatic nitrogens is 1. The van der Waals surface area contributed by atoms with Crippen molar-refractivity contribution < 1.29 is 37.4 Å². The standard InChI is InChI=1S/C24H23F3N6O5S/c1-32-16-5-2-12(21(36)37)10-15(16)30-24(32,18(19(28)34)20(35)33-6-8-38-9-7-33)31-22-29-14-4-3-13(23(25,26)27)11-17(14)39-22/h2-5,10-11,18,30H,6-9H2,1H3,(H2,28,34)(H,29,31)(H,36,37). The zero-order valence-corrected chi connectivity index (χ0v) is 21.2. The molecule has 0 saturated carbocycles. The summed E-state index contributed by atoms with van der Waals surface area (Å²) in [4.78, 5) is 45.7. The quantitative estimate of drug-likeness (QED) is 0.331. The van der Waals surface area contributed by atoms with Gasteiger partial charge in [-0.3, -0.25) is 9.59 Å². The summed E-state index contributed by atoms with van der Waals surface area (Å²) < 4.78 is 45.4. The second-order valence-corrected chi connectivity index (χ2v) is 10.1. The SMILES string of the molecule is CN1c2ccc(C(=O)O)cc2NC1(Nc1nc2ccc(C(F)(F)F)cc2s1)C(C(N)=O)C(=O)N1CCOCC1. The van der Waals surface area contributed by atoms with E-state index in [1.54, 1.807) is 7.05 Å². The Labute approximate surface area is 223 Å². The number of aromatic carboxylic acids is 1. The van der Waals surface area contributed by atoms with Crippen molar-refractivity contribution in [3.63, 3.8) is 0 Å². The molecule has 0 radical (unpaired) electrons. The number of fused-ring (bicyclic) bond motifs is 2. The first kappa shape index (κ1) is 26.5. The molecule has 15 heteroatoms. The number of ether oxygens (including phenoxy) is 1. The number of morpholine rings is 1. The number of benzene rings is 2. The van der Waals surface area contributed by atoms with Crippen LogP contribution in [0.4, 0.5) is 29.7 Å². The third kappa shape index (κ3) is 4.67. The zero-order chi connectivity index (χ0) is 28.1. The number of anilines is 3. The van der Waals surface area contributed by atoms with Crippen LogP contribution in [0.5, 0.6) is 0 Å². The number of thiazole rings is 1. The first-order chi connectivity index (χ1) is 18.4. The van der Waals surface area contributed by atoms with Crippen molar-refractivity contribution in [2.75, 3.05) is 48.9 Å². The van der Waals surface area contributed by atoms with E-state index in [0.717, 1.165) is 23.5 Å². The second kappa shape index (κ2) is 9.57. The first-order valence-corrected chi connectivity index (χ1v) is 12.5. The van der Waals surface area contributed by atoms with Crippen molar-refractivity contribution in [1.29, 1.82) is 0 Å². The number of halogens is 3. The molecular weight excluding hydrogens is 541 g/mol. The number of rotatable bonds is 6. The zero-order valence-electron chi connectivity index (χ0n) is 20.4. The molecule has 39 heavy (non-hydrogen) atoms. The van der Waals surface area contributed by atoms with E-state index in [9.17, 15) is 32.7 Å². The summed E-state index contributed by atoms with van der Waals surface area (Å²) in [6.07, 6.45) is -4.55. The maximum absolute atomic E-state index is 13.7. The average Bonchev–Trinajstić information content (AvgIpc) is 3.41. The molecule has 1 aromatic heterocycles. The lowest BCUT2D eigenvalue weighted by atomic mass is 9.96. The molecule has 2 unspecified atom stereocenters. The Morgan fingerprint density at radius 3 is 2.56 bits per heavy atom. The Hall–Kier alpha value is -4.11. The minimum atomic E-state index is -4.55. The molecule has 0 aliphatic carbocycles. The molecular formula is C24H23F3N6O5S. The lowest BCUT2D eigenvalue weighted by Gasteiger charge is -2.43. The van der Waals surface area contributed by atoms with E-state index >= 15 is 0 Å². The summed E-state index contributed by atoms with van der Waals surface area (Å²) in [5.74, 6) is -6.12. The molecule has 2 aliphatic rings. The maximum atomic E-state index is 13.7. The number of amides is 2. The molecule has 3 heterocycles. The fraction of sp³-hybridized carbons (Fsp3) is 0.333. The molecule has 11 nitrogen and oxygen atoms in total. The van der Waals surface area contributed by atoms with E-state index < -0.39 is 41.2 Å². The molecule has 1 fully saturated rings. The summed E-state index contributed by atoms with van der Waals surface area (Å²) >= 11 is 0.898. The second-order valence-electron chi connectivity index (χ2n) is 9.08. The van der Waals surface area contributed by atoms with E-state index in [4.69, 9.17) is 10.5 Å². The number of carboxylic acid groups (broad SMARTS) is 1. The summed E-state index contributed by atoms with van der Waals surface area (Å²) in [6, 6.07) is 7.35. The van der Waals surface area contributed by atoms with Gasteiger partial charge in [-0.25, -0.2) is 9.78 Å². The number of hydrogen-bond donors (Lipinski definition) is 4. The number of hydrogen-bond acceptors (Lipinski definition) is 9. The van der Waals surface area contributed by atoms with Crippen molar-refractivity contribution in [2.45, 2.75) is 12.0 Å². The highest BCUT2D eigenvalue weighted by molar-refractivity contribution is 7.22. The van der Waals surface area contributed by atoms with Crippen molar-refractivity contribution >= 4 is 55.8 Å². The van der Waals surface area contributed by atoms with Gasteiger partial charge >= 0.3 is 12.1 Å². The van der Waals surface area contributed by atoms with Gasteiger partial charge < -0.3 is 36.0 Å². The average molecular weight is 565 g/mol. The minimum absolute atomic E-state index is 0.0414. The number of carbonyl (C=O) groups is 3. The molecule has 2 atom stereocenters. The maximum Gasteiger partial charge on any atom is 0.416 e. The summed E-state index contributed by atoms with van der Waals surface area (Å²) in [5, 5.41) is 15.7. The van der Waals surface area contributed by atoms with Crippen LogP contribution in [0.3, 0.4) is 0 Å². The van der Waals surface area contributed by atoms with Crippen LogP contribution in [-0.4, -0.2) is 71.9 Å². The molecule has 2 amide bonds. The van der Waals surface area contributed by atoms with Gasteiger partial charge in [-0.15, -0.1) is 0 Å². The van der Waals surface area contributed by atoms with Gasteiger partial charge in [0.05, 0.1) is 45.9 Å². The van der Waals surface area contributed by atoms with Crippen LogP contribution >= 0.6 is 11.3 Å². The normalized spacial score (nSPS) is 19.9. The van der Waals surface area contributed by atoms with Gasteiger partial charge in [-0.1, -0.05) is 11.3 Å². The van der Waals surface area contributed by atoms with E-state index in [2.05, 4.69) is 15.6 Å². The largest absolute Gasteiger partial charge is 0.478 e. The van der Waals surface area contributed by atoms with E-state index in [-0.39, 0.29) is 47.2 Å². The van der Waals surface area contributed by atoms with Gasteiger partial charge in [0.2, 0.25) is 17.6 Å². The number of alkyl halides is 3. The van der Waals surface area contributed by atoms with Crippen molar-refractivity contribution in [3.05, 3.63) is 47.5 Å². The Balaban J connectivity index is 1.61. The first-order valence-electron chi connectivity index (χ1n) is 11.7. The van der Waals surface area contributed by atoms with Gasteiger partial charge in [-0.2, -0.15) is 13.2 Å². The van der Waals surface area contributed by atoms with Crippen LogP contribution in [0.2, 0.25) is 0 Å². The molecule has 1 saturated heterocycles. The molecule has 206 valence electrons. The van der Waals surface area contributed by atoms with Crippen LogP contribution in [0, 0.1) is 5.92 Å². The number of nitrogens with two attached hydrogens (primary N) is 1. The highest BCUT2D eigenvalue weighted by atomic mass is 32.1. The molecule has 5 N–H and O–H groups in total. The topological polar surface area (TPSA) is 150 Å². The number of primary amides is 1.